The Balaban J connectivity index is 2.35. The van der Waals surface area contributed by atoms with Crippen LogP contribution >= 0.6 is 34.7 Å². The normalized spacial score (nSPS) is 24.7. The van der Waals surface area contributed by atoms with Gasteiger partial charge in [0, 0.05) is 10.9 Å². The van der Waals surface area contributed by atoms with E-state index in [1.165, 1.54) is 30.5 Å². The van der Waals surface area contributed by atoms with Crippen molar-refractivity contribution in [3.05, 3.63) is 67.8 Å². The van der Waals surface area contributed by atoms with Crippen LogP contribution in [-0.2, 0) is 0 Å². The molecule has 0 saturated heterocycles. The SMILES string of the molecule is CSC1=C(C#N)[C@H](c2ccccc2Cl)[C@H](C(=O)c2cccs2)[C@@](O)(C(F)(F)F)N1. The van der Waals surface area contributed by atoms with Crippen molar-refractivity contribution in [2.24, 2.45) is 5.92 Å². The van der Waals surface area contributed by atoms with E-state index in [9.17, 15) is 28.3 Å². The third-order valence-corrected chi connectivity index (χ3v) is 6.65. The molecule has 0 spiro atoms. The van der Waals surface area contributed by atoms with Crippen LogP contribution in [0.2, 0.25) is 5.02 Å². The summed E-state index contributed by atoms with van der Waals surface area (Å²) in [5.41, 5.74) is -3.51. The zero-order valence-electron chi connectivity index (χ0n) is 14.8. The van der Waals surface area contributed by atoms with E-state index in [2.05, 4.69) is 0 Å². The molecule has 0 radical (unpaired) electrons. The molecular weight excluding hydrogens is 445 g/mol. The fraction of sp³-hybridized carbons (Fsp3) is 0.263. The molecule has 0 bridgehead atoms. The van der Waals surface area contributed by atoms with Crippen molar-refractivity contribution >= 4 is 40.5 Å². The summed E-state index contributed by atoms with van der Waals surface area (Å²) in [6, 6.07) is 10.9. The lowest BCUT2D eigenvalue weighted by Crippen LogP contribution is -2.66. The number of allylic oxidation sites excluding steroid dienone is 1. The van der Waals surface area contributed by atoms with Gasteiger partial charge in [-0.25, -0.2) is 0 Å². The molecule has 152 valence electrons. The number of nitrogens with one attached hydrogen (secondary N) is 1. The van der Waals surface area contributed by atoms with Crippen LogP contribution in [0, 0.1) is 17.2 Å². The van der Waals surface area contributed by atoms with Crippen molar-refractivity contribution in [2.75, 3.05) is 6.26 Å². The van der Waals surface area contributed by atoms with E-state index >= 15 is 0 Å². The van der Waals surface area contributed by atoms with Crippen LogP contribution in [0.25, 0.3) is 0 Å². The monoisotopic (exact) mass is 458 g/mol. The van der Waals surface area contributed by atoms with Crippen LogP contribution in [0.1, 0.15) is 21.2 Å². The second-order valence-electron chi connectivity index (χ2n) is 6.27. The number of aliphatic hydroxyl groups is 1. The minimum atomic E-state index is -5.20. The molecule has 3 rings (SSSR count). The van der Waals surface area contributed by atoms with Crippen molar-refractivity contribution < 1.29 is 23.1 Å². The number of carbonyl (C=O) groups excluding carboxylic acids is 1. The maximum absolute atomic E-state index is 14.1. The Morgan fingerprint density at radius 1 is 1.34 bits per heavy atom. The lowest BCUT2D eigenvalue weighted by atomic mass is 9.70. The molecule has 0 fully saturated rings. The van der Waals surface area contributed by atoms with E-state index in [-0.39, 0.29) is 26.1 Å². The average Bonchev–Trinajstić information content (AvgIpc) is 3.21. The first-order valence-corrected chi connectivity index (χ1v) is 10.7. The summed E-state index contributed by atoms with van der Waals surface area (Å²) in [6.07, 6.45) is -3.73. The summed E-state index contributed by atoms with van der Waals surface area (Å²) >= 11 is 8.05. The summed E-state index contributed by atoms with van der Waals surface area (Å²) in [5.74, 6) is -4.37. The number of rotatable bonds is 4. The third-order valence-electron chi connectivity index (χ3n) is 4.69. The van der Waals surface area contributed by atoms with Crippen LogP contribution < -0.4 is 5.32 Å². The quantitative estimate of drug-likeness (QED) is 0.635. The number of nitriles is 1. The highest BCUT2D eigenvalue weighted by Crippen LogP contribution is 2.52. The fourth-order valence-electron chi connectivity index (χ4n) is 3.37. The number of halogens is 4. The van der Waals surface area contributed by atoms with E-state index in [4.69, 9.17) is 11.6 Å². The highest BCUT2D eigenvalue weighted by molar-refractivity contribution is 8.02. The number of benzene rings is 1. The number of ketones is 1. The molecular formula is C19H14ClF3N2O2S2. The first kappa shape index (κ1) is 21.7. The zero-order valence-corrected chi connectivity index (χ0v) is 17.2. The maximum Gasteiger partial charge on any atom is 0.437 e. The molecule has 1 aromatic carbocycles. The fourth-order valence-corrected chi connectivity index (χ4v) is 4.98. The molecule has 2 N–H and O–H groups in total. The molecule has 0 saturated carbocycles. The number of hydrogen-bond acceptors (Lipinski definition) is 6. The summed E-state index contributed by atoms with van der Waals surface area (Å²) in [4.78, 5) is 13.2. The summed E-state index contributed by atoms with van der Waals surface area (Å²) < 4.78 is 42.3. The minimum Gasteiger partial charge on any atom is -0.363 e. The Hall–Kier alpha value is -1.99. The topological polar surface area (TPSA) is 73.1 Å². The van der Waals surface area contributed by atoms with Gasteiger partial charge in [0.05, 0.1) is 27.5 Å². The lowest BCUT2D eigenvalue weighted by molar-refractivity contribution is -0.285. The van der Waals surface area contributed by atoms with Gasteiger partial charge in [-0.3, -0.25) is 4.79 Å². The number of Topliss-reactive ketones (excluding diaryl/α,β-unsaturated/α-hetero) is 1. The summed E-state index contributed by atoms with van der Waals surface area (Å²) in [5, 5.41) is 24.1. The lowest BCUT2D eigenvalue weighted by Gasteiger charge is -2.45. The van der Waals surface area contributed by atoms with Gasteiger partial charge in [-0.1, -0.05) is 35.9 Å². The smallest absolute Gasteiger partial charge is 0.363 e. The Morgan fingerprint density at radius 2 is 2.03 bits per heavy atom. The van der Waals surface area contributed by atoms with Gasteiger partial charge in [-0.2, -0.15) is 18.4 Å². The van der Waals surface area contributed by atoms with Gasteiger partial charge < -0.3 is 10.4 Å². The zero-order chi connectivity index (χ0) is 21.4. The standard InChI is InChI=1S/C19H14ClF3N2O2S2/c1-28-17-11(9-24)14(10-5-2-3-6-12(10)20)15(16(26)13-7-4-8-29-13)18(27,25-17)19(21,22)23/h2-8,14-15,25,27H,1H3/t14-,15+,18+/m0/s1. The van der Waals surface area contributed by atoms with Crippen LogP contribution in [0.5, 0.6) is 0 Å². The van der Waals surface area contributed by atoms with Gasteiger partial charge in [0.25, 0.3) is 0 Å². The number of thioether (sulfide) groups is 1. The Bertz CT molecular complexity index is 1000. The average molecular weight is 459 g/mol. The molecule has 4 nitrogen and oxygen atoms in total. The molecule has 29 heavy (non-hydrogen) atoms. The molecule has 2 aromatic rings. The van der Waals surface area contributed by atoms with Crippen molar-refractivity contribution in [1.82, 2.24) is 5.32 Å². The predicted octanol–water partition coefficient (Wildman–Crippen LogP) is 4.94. The van der Waals surface area contributed by atoms with E-state index in [0.29, 0.717) is 0 Å². The molecule has 1 aliphatic heterocycles. The largest absolute Gasteiger partial charge is 0.437 e. The third kappa shape index (κ3) is 3.66. The van der Waals surface area contributed by atoms with Gasteiger partial charge in [0.2, 0.25) is 5.72 Å². The molecule has 10 heteroatoms. The van der Waals surface area contributed by atoms with E-state index in [0.717, 1.165) is 23.1 Å². The van der Waals surface area contributed by atoms with Crippen LogP contribution in [0.15, 0.2) is 52.4 Å². The number of nitrogens with zero attached hydrogens (tertiary/aromatic N) is 1. The highest BCUT2D eigenvalue weighted by Gasteiger charge is 2.66. The molecule has 1 aromatic heterocycles. The Kier molecular flexibility index (Phi) is 6.01. The minimum absolute atomic E-state index is 0.0430. The number of carbonyl (C=O) groups is 1. The second-order valence-corrected chi connectivity index (χ2v) is 8.44. The van der Waals surface area contributed by atoms with Crippen molar-refractivity contribution in [3.8, 4) is 6.07 Å². The Labute approximate surface area is 178 Å². The van der Waals surface area contributed by atoms with E-state index in [1.54, 1.807) is 17.5 Å². The van der Waals surface area contributed by atoms with Crippen LogP contribution in [0.4, 0.5) is 13.2 Å². The molecule has 0 unspecified atom stereocenters. The summed E-state index contributed by atoms with van der Waals surface area (Å²) in [7, 11) is 0. The molecule has 1 aliphatic rings. The van der Waals surface area contributed by atoms with E-state index in [1.807, 2.05) is 11.4 Å². The number of alkyl halides is 3. The van der Waals surface area contributed by atoms with Gasteiger partial charge in [-0.05, 0) is 29.3 Å². The van der Waals surface area contributed by atoms with Crippen LogP contribution in [-0.4, -0.2) is 29.0 Å². The first-order valence-electron chi connectivity index (χ1n) is 8.23. The second kappa shape index (κ2) is 8.03. The first-order chi connectivity index (χ1) is 13.7. The van der Waals surface area contributed by atoms with Crippen molar-refractivity contribution in [1.29, 1.82) is 5.26 Å². The molecule has 0 aliphatic carbocycles. The number of hydrogen-bond donors (Lipinski definition) is 2. The van der Waals surface area contributed by atoms with Crippen molar-refractivity contribution in [2.45, 2.75) is 17.8 Å². The van der Waals surface area contributed by atoms with Gasteiger partial charge >= 0.3 is 6.18 Å². The predicted molar refractivity (Wildman–Crippen MR) is 107 cm³/mol. The Morgan fingerprint density at radius 3 is 2.55 bits per heavy atom. The van der Waals surface area contributed by atoms with Crippen molar-refractivity contribution in [3.63, 3.8) is 0 Å². The summed E-state index contributed by atoms with van der Waals surface area (Å²) in [6.45, 7) is 0. The van der Waals surface area contributed by atoms with Crippen LogP contribution in [0.3, 0.4) is 0 Å². The highest BCUT2D eigenvalue weighted by atomic mass is 35.5. The maximum atomic E-state index is 14.1. The number of thiophene rings is 1. The molecule has 2 heterocycles. The van der Waals surface area contributed by atoms with Gasteiger partial charge in [-0.15, -0.1) is 23.1 Å². The van der Waals surface area contributed by atoms with Gasteiger partial charge in [0.1, 0.15) is 0 Å². The molecule has 3 atom stereocenters. The van der Waals surface area contributed by atoms with Gasteiger partial charge in [0.15, 0.2) is 5.78 Å². The van der Waals surface area contributed by atoms with E-state index < -0.39 is 29.5 Å². The molecule has 0 amide bonds.